The van der Waals surface area contributed by atoms with E-state index in [2.05, 4.69) is 215 Å². The second-order valence-electron chi connectivity index (χ2n) is 21.4. The van der Waals surface area contributed by atoms with Gasteiger partial charge in [0, 0.05) is 49.9 Å². The van der Waals surface area contributed by atoms with Crippen molar-refractivity contribution in [2.45, 2.75) is 112 Å². The normalized spacial score (nSPS) is 12.8. The number of hydrogen-bond acceptors (Lipinski definition) is 6. The highest BCUT2D eigenvalue weighted by atomic mass is 16.3. The molecule has 0 N–H and O–H groups in total. The summed E-state index contributed by atoms with van der Waals surface area (Å²) in [5.41, 5.74) is 13.4. The van der Waals surface area contributed by atoms with Crippen molar-refractivity contribution >= 4 is 78.3 Å². The first-order valence-electron chi connectivity index (χ1n) is 22.2. The van der Waals surface area contributed by atoms with E-state index in [1.54, 1.807) is 0 Å². The van der Waals surface area contributed by atoms with Crippen LogP contribution in [0.15, 0.2) is 136 Å². The van der Waals surface area contributed by atoms with Crippen molar-refractivity contribution in [1.29, 1.82) is 0 Å². The standard InChI is InChI=1S/C57H60N4O2/c1-35-52-46(44-31-50(58-33-48(44)62-52)60(40-22-14-36(15-23-40)54(2,3)4)41-24-16-37(17-25-41)55(5,6)7)30-47-45-32-51(59-34-49(45)63-53(35)47)61(42-26-18-38(19-27-42)56(8,9)10)43-28-20-39(21-29-43)57(11,12)13/h14-34H,1-13H3. The first-order chi connectivity index (χ1) is 29.6. The van der Waals surface area contributed by atoms with Crippen LogP contribution in [0.5, 0.6) is 0 Å². The number of aryl methyl sites for hydroxylation is 1. The zero-order valence-electron chi connectivity index (χ0n) is 39.2. The summed E-state index contributed by atoms with van der Waals surface area (Å²) in [7, 11) is 0. The number of rotatable bonds is 6. The monoisotopic (exact) mass is 832 g/mol. The molecule has 0 aliphatic heterocycles. The molecule has 0 amide bonds. The zero-order chi connectivity index (χ0) is 44.8. The third kappa shape index (κ3) is 7.75. The molecule has 0 bridgehead atoms. The highest BCUT2D eigenvalue weighted by Crippen LogP contribution is 2.44. The van der Waals surface area contributed by atoms with Crippen LogP contribution in [-0.2, 0) is 21.7 Å². The molecule has 9 aromatic rings. The summed E-state index contributed by atoms with van der Waals surface area (Å²) in [4.78, 5) is 14.6. The van der Waals surface area contributed by atoms with Gasteiger partial charge in [-0.3, -0.25) is 9.80 Å². The van der Waals surface area contributed by atoms with Crippen LogP contribution < -0.4 is 9.80 Å². The second-order valence-corrected chi connectivity index (χ2v) is 21.4. The summed E-state index contributed by atoms with van der Waals surface area (Å²) in [5.74, 6) is 1.62. The Balaban J connectivity index is 1.20. The molecule has 9 rings (SSSR count). The van der Waals surface area contributed by atoms with Gasteiger partial charge in [-0.05, 0) is 118 Å². The summed E-state index contributed by atoms with van der Waals surface area (Å²) >= 11 is 0. The van der Waals surface area contributed by atoms with Crippen molar-refractivity contribution in [2.75, 3.05) is 9.80 Å². The molecule has 0 aliphatic rings. The maximum atomic E-state index is 6.62. The van der Waals surface area contributed by atoms with Gasteiger partial charge in [0.2, 0.25) is 0 Å². The third-order valence-electron chi connectivity index (χ3n) is 12.6. The maximum Gasteiger partial charge on any atom is 0.153 e. The van der Waals surface area contributed by atoms with Gasteiger partial charge in [0.25, 0.3) is 0 Å². The van der Waals surface area contributed by atoms with E-state index < -0.39 is 0 Å². The summed E-state index contributed by atoms with van der Waals surface area (Å²) in [6.45, 7) is 29.0. The van der Waals surface area contributed by atoms with E-state index in [0.717, 1.165) is 83.8 Å². The van der Waals surface area contributed by atoms with Crippen molar-refractivity contribution < 1.29 is 8.83 Å². The predicted molar refractivity (Wildman–Crippen MR) is 265 cm³/mol. The average molecular weight is 833 g/mol. The zero-order valence-corrected chi connectivity index (χ0v) is 39.2. The largest absolute Gasteiger partial charge is 0.454 e. The molecular formula is C57H60N4O2. The van der Waals surface area contributed by atoms with Crippen LogP contribution in [0.4, 0.5) is 34.4 Å². The minimum atomic E-state index is 0.0373. The number of benzene rings is 5. The lowest BCUT2D eigenvalue weighted by Crippen LogP contribution is -2.15. The van der Waals surface area contributed by atoms with Crippen LogP contribution in [-0.4, -0.2) is 9.97 Å². The van der Waals surface area contributed by atoms with Gasteiger partial charge in [-0.2, -0.15) is 0 Å². The lowest BCUT2D eigenvalue weighted by Gasteiger charge is -2.27. The Hall–Kier alpha value is -6.40. The van der Waals surface area contributed by atoms with Crippen molar-refractivity contribution in [3.05, 3.63) is 155 Å². The topological polar surface area (TPSA) is 58.5 Å². The molecule has 0 saturated heterocycles. The van der Waals surface area contributed by atoms with Crippen LogP contribution >= 0.6 is 0 Å². The number of aromatic nitrogens is 2. The van der Waals surface area contributed by atoms with E-state index in [1.807, 2.05) is 12.4 Å². The molecule has 320 valence electrons. The number of fused-ring (bicyclic) bond motifs is 6. The van der Waals surface area contributed by atoms with E-state index >= 15 is 0 Å². The SMILES string of the molecule is Cc1c2oc3cnc(N(c4ccc(C(C)(C)C)cc4)c4ccc(C(C)(C)C)cc4)cc3c2cc2c1oc1cnc(N(c3ccc(C(C)(C)C)cc3)c3ccc(C(C)(C)C)cc3)cc12. The quantitative estimate of drug-likeness (QED) is 0.166. The number of furan rings is 2. The van der Waals surface area contributed by atoms with Gasteiger partial charge in [0.15, 0.2) is 11.2 Å². The van der Waals surface area contributed by atoms with Crippen LogP contribution in [0.2, 0.25) is 0 Å². The summed E-state index contributed by atoms with van der Waals surface area (Å²) in [5, 5.41) is 4.01. The Labute approximate surface area is 372 Å². The van der Waals surface area contributed by atoms with Crippen LogP contribution in [0.25, 0.3) is 43.9 Å². The van der Waals surface area contributed by atoms with Gasteiger partial charge >= 0.3 is 0 Å². The first kappa shape index (κ1) is 41.9. The van der Waals surface area contributed by atoms with E-state index in [4.69, 9.17) is 18.8 Å². The molecule has 0 aliphatic carbocycles. The van der Waals surface area contributed by atoms with Crippen molar-refractivity contribution in [2.24, 2.45) is 0 Å². The lowest BCUT2D eigenvalue weighted by molar-refractivity contribution is 0.590. The van der Waals surface area contributed by atoms with Gasteiger partial charge < -0.3 is 8.83 Å². The molecule has 0 fully saturated rings. The molecule has 63 heavy (non-hydrogen) atoms. The van der Waals surface area contributed by atoms with Crippen molar-refractivity contribution in [3.8, 4) is 0 Å². The Kier molecular flexibility index (Phi) is 9.89. The lowest BCUT2D eigenvalue weighted by atomic mass is 9.86. The van der Waals surface area contributed by atoms with E-state index in [-0.39, 0.29) is 21.7 Å². The summed E-state index contributed by atoms with van der Waals surface area (Å²) < 4.78 is 13.2. The van der Waals surface area contributed by atoms with Gasteiger partial charge in [-0.25, -0.2) is 9.97 Å². The number of hydrogen-bond donors (Lipinski definition) is 0. The molecule has 5 aromatic carbocycles. The van der Waals surface area contributed by atoms with Gasteiger partial charge in [0.05, 0.1) is 12.4 Å². The molecule has 0 radical (unpaired) electrons. The molecule has 4 aromatic heterocycles. The number of pyridine rings is 2. The molecule has 6 heteroatoms. The Morgan fingerprint density at radius 2 is 0.635 bits per heavy atom. The van der Waals surface area contributed by atoms with Crippen LogP contribution in [0.1, 0.15) is 111 Å². The Morgan fingerprint density at radius 3 is 0.889 bits per heavy atom. The first-order valence-corrected chi connectivity index (χ1v) is 22.2. The molecular weight excluding hydrogens is 773 g/mol. The molecule has 0 atom stereocenters. The van der Waals surface area contributed by atoms with E-state index in [9.17, 15) is 0 Å². The highest BCUT2D eigenvalue weighted by Gasteiger charge is 2.25. The summed E-state index contributed by atoms with van der Waals surface area (Å²) in [6.07, 6.45) is 3.72. The summed E-state index contributed by atoms with van der Waals surface area (Å²) in [6, 6.07) is 42.0. The van der Waals surface area contributed by atoms with Gasteiger partial charge in [-0.15, -0.1) is 0 Å². The fourth-order valence-electron chi connectivity index (χ4n) is 8.63. The predicted octanol–water partition coefficient (Wildman–Crippen LogP) is 16.7. The van der Waals surface area contributed by atoms with Crippen LogP contribution in [0.3, 0.4) is 0 Å². The number of nitrogens with zero attached hydrogens (tertiary/aromatic N) is 4. The average Bonchev–Trinajstić information content (AvgIpc) is 3.79. The molecule has 0 spiro atoms. The minimum absolute atomic E-state index is 0.0373. The van der Waals surface area contributed by atoms with Gasteiger partial charge in [-0.1, -0.05) is 132 Å². The molecule has 4 heterocycles. The molecule has 6 nitrogen and oxygen atoms in total. The molecule has 0 saturated carbocycles. The fraction of sp³-hybridized carbons (Fsp3) is 0.298. The molecule has 0 unspecified atom stereocenters. The van der Waals surface area contributed by atoms with E-state index in [1.165, 1.54) is 22.3 Å². The third-order valence-corrected chi connectivity index (χ3v) is 12.6. The van der Waals surface area contributed by atoms with Gasteiger partial charge in [0.1, 0.15) is 22.8 Å². The highest BCUT2D eigenvalue weighted by molar-refractivity contribution is 6.17. The Bertz CT molecular complexity index is 2800. The second kappa shape index (κ2) is 14.9. The van der Waals surface area contributed by atoms with E-state index in [0.29, 0.717) is 0 Å². The van der Waals surface area contributed by atoms with Crippen molar-refractivity contribution in [3.63, 3.8) is 0 Å². The smallest absolute Gasteiger partial charge is 0.153 e. The maximum absolute atomic E-state index is 6.62. The number of anilines is 6. The van der Waals surface area contributed by atoms with Crippen LogP contribution in [0, 0.1) is 6.92 Å². The minimum Gasteiger partial charge on any atom is -0.454 e. The fourth-order valence-corrected chi connectivity index (χ4v) is 8.63. The van der Waals surface area contributed by atoms with Crippen molar-refractivity contribution in [1.82, 2.24) is 9.97 Å². The Morgan fingerprint density at radius 1 is 0.365 bits per heavy atom.